The van der Waals surface area contributed by atoms with E-state index in [0.29, 0.717) is 25.7 Å². The number of hydrogen-bond acceptors (Lipinski definition) is 10. The molecule has 10 heteroatoms. The van der Waals surface area contributed by atoms with Gasteiger partial charge in [-0.1, -0.05) is 259 Å². The molecule has 0 aromatic carbocycles. The highest BCUT2D eigenvalue weighted by Gasteiger charge is 2.48. The lowest BCUT2D eigenvalue weighted by Crippen LogP contribution is -2.38. The summed E-state index contributed by atoms with van der Waals surface area (Å²) >= 11 is 0. The molecule has 0 aromatic heterocycles. The first-order valence-corrected chi connectivity index (χ1v) is 28.5. The van der Waals surface area contributed by atoms with Crippen LogP contribution in [0.2, 0.25) is 0 Å². The predicted molar refractivity (Wildman–Crippen MR) is 275 cm³/mol. The largest absolute Gasteiger partial charge is 0.462 e. The molecule has 0 atom stereocenters. The highest BCUT2D eigenvalue weighted by atomic mass is 16.5. The molecule has 0 unspecified atom stereocenters. The van der Waals surface area contributed by atoms with Gasteiger partial charge in [-0.3, -0.25) is 9.59 Å². The van der Waals surface area contributed by atoms with Crippen molar-refractivity contribution < 1.29 is 47.7 Å². The monoisotopic (exact) mass is 957 g/mol. The highest BCUT2D eigenvalue weighted by molar-refractivity contribution is 6.49. The van der Waals surface area contributed by atoms with Crippen molar-refractivity contribution in [3.8, 4) is 0 Å². The second kappa shape index (κ2) is 44.9. The van der Waals surface area contributed by atoms with Gasteiger partial charge < -0.3 is 18.9 Å². The van der Waals surface area contributed by atoms with Gasteiger partial charge in [0.1, 0.15) is 22.3 Å². The van der Waals surface area contributed by atoms with Crippen LogP contribution in [0.4, 0.5) is 0 Å². The molecule has 10 nitrogen and oxygen atoms in total. The fraction of sp³-hybridized carbons (Fsp3) is 0.828. The Hall–Kier alpha value is -3.30. The summed E-state index contributed by atoms with van der Waals surface area (Å²) in [5.41, 5.74) is -3.58. The molecular formula is C58H100O10. The molecule has 0 aromatic rings. The Morgan fingerprint density at radius 3 is 0.515 bits per heavy atom. The maximum Gasteiger partial charge on any atom is 0.343 e. The molecule has 0 aliphatic heterocycles. The molecule has 0 bridgehead atoms. The van der Waals surface area contributed by atoms with Gasteiger partial charge in [-0.25, -0.2) is 19.2 Å². The quantitative estimate of drug-likeness (QED) is 0.0190. The van der Waals surface area contributed by atoms with Gasteiger partial charge in [0.15, 0.2) is 0 Å². The van der Waals surface area contributed by atoms with E-state index in [4.69, 9.17) is 18.9 Å². The van der Waals surface area contributed by atoms with Crippen molar-refractivity contribution in [2.24, 2.45) is 0 Å². The van der Waals surface area contributed by atoms with Crippen LogP contribution in [0.1, 0.15) is 285 Å². The fourth-order valence-electron chi connectivity index (χ4n) is 8.79. The van der Waals surface area contributed by atoms with Gasteiger partial charge in [0.05, 0.1) is 26.4 Å². The third-order valence-corrected chi connectivity index (χ3v) is 13.1. The van der Waals surface area contributed by atoms with E-state index in [-0.39, 0.29) is 26.4 Å². The minimum Gasteiger partial charge on any atom is -0.462 e. The van der Waals surface area contributed by atoms with Gasteiger partial charge in [0.2, 0.25) is 11.6 Å². The van der Waals surface area contributed by atoms with Crippen molar-refractivity contribution in [2.75, 3.05) is 26.4 Å². The van der Waals surface area contributed by atoms with Gasteiger partial charge in [0.25, 0.3) is 0 Å². The Morgan fingerprint density at radius 2 is 0.368 bits per heavy atom. The van der Waals surface area contributed by atoms with Gasteiger partial charge in [-0.05, 0) is 25.7 Å². The van der Waals surface area contributed by atoms with Gasteiger partial charge in [0, 0.05) is 0 Å². The summed E-state index contributed by atoms with van der Waals surface area (Å²) in [7, 11) is 0. The van der Waals surface area contributed by atoms with E-state index in [1.165, 1.54) is 128 Å². The van der Waals surface area contributed by atoms with E-state index in [0.717, 1.165) is 103 Å². The molecule has 0 radical (unpaired) electrons. The Kier molecular flexibility index (Phi) is 41.4. The average Bonchev–Trinajstić information content (AvgIpc) is 3.33. The summed E-state index contributed by atoms with van der Waals surface area (Å²) in [4.78, 5) is 84.1. The normalized spacial score (nSPS) is 12.8. The van der Waals surface area contributed by atoms with Gasteiger partial charge >= 0.3 is 23.9 Å². The molecule has 0 saturated carbocycles. The van der Waals surface area contributed by atoms with Crippen LogP contribution in [0.5, 0.6) is 0 Å². The molecular weight excluding hydrogens is 857 g/mol. The molecule has 392 valence electrons. The summed E-state index contributed by atoms with van der Waals surface area (Å²) in [6, 6.07) is 0. The van der Waals surface area contributed by atoms with E-state index in [1.807, 2.05) is 0 Å². The first-order chi connectivity index (χ1) is 33.3. The number of carbonyl (C=O) groups is 6. The first-order valence-electron chi connectivity index (χ1n) is 28.5. The van der Waals surface area contributed by atoms with Crippen molar-refractivity contribution in [2.45, 2.75) is 285 Å². The molecule has 68 heavy (non-hydrogen) atoms. The molecule has 1 aliphatic rings. The Morgan fingerprint density at radius 1 is 0.235 bits per heavy atom. The van der Waals surface area contributed by atoms with Crippen molar-refractivity contribution >= 4 is 35.4 Å². The number of ether oxygens (including phenoxy) is 4. The molecule has 0 fully saturated rings. The van der Waals surface area contributed by atoms with Crippen molar-refractivity contribution in [1.29, 1.82) is 0 Å². The van der Waals surface area contributed by atoms with Crippen LogP contribution in [0, 0.1) is 0 Å². The lowest BCUT2D eigenvalue weighted by atomic mass is 9.83. The molecule has 0 N–H and O–H groups in total. The van der Waals surface area contributed by atoms with E-state index < -0.39 is 57.7 Å². The van der Waals surface area contributed by atoms with Crippen LogP contribution in [0.3, 0.4) is 0 Å². The SMILES string of the molecule is CCCCCCCCCCCCOC(=O)C1=C(C(=O)OCCCCCCCCCCCC)C(=O)C(C(=O)OCCCCCCCCCCCC)=C(C(=O)OCCCCCCCCCCCC)C1=O. The highest BCUT2D eigenvalue weighted by Crippen LogP contribution is 2.30. The van der Waals surface area contributed by atoms with Crippen LogP contribution in [0.25, 0.3) is 0 Å². The first kappa shape index (κ1) is 62.7. The van der Waals surface area contributed by atoms with Crippen LogP contribution in [-0.2, 0) is 47.7 Å². The van der Waals surface area contributed by atoms with E-state index in [2.05, 4.69) is 27.7 Å². The number of esters is 4. The standard InChI is InChI=1S/C58H100O10/c1-5-9-13-17-21-25-29-33-37-41-45-65-55(61)49-50(56(62)66-46-42-38-34-30-26-22-18-14-10-6-2)54(60)52(58(64)68-48-44-40-36-32-28-24-20-16-12-8-4)51(53(49)59)57(63)67-47-43-39-35-31-27-23-19-15-11-7-3/h5-48H2,1-4H3. The fourth-order valence-corrected chi connectivity index (χ4v) is 8.79. The molecule has 1 aliphatic carbocycles. The number of unbranched alkanes of at least 4 members (excludes halogenated alkanes) is 36. The van der Waals surface area contributed by atoms with Crippen LogP contribution >= 0.6 is 0 Å². The topological polar surface area (TPSA) is 139 Å². The second-order valence-corrected chi connectivity index (χ2v) is 19.4. The Bertz CT molecular complexity index is 1220. The molecule has 0 spiro atoms. The predicted octanol–water partition coefficient (Wildman–Crippen LogP) is 15.6. The zero-order valence-electron chi connectivity index (χ0n) is 44.2. The van der Waals surface area contributed by atoms with Crippen LogP contribution in [-0.4, -0.2) is 61.9 Å². The number of hydrogen-bond donors (Lipinski definition) is 0. The summed E-state index contributed by atoms with van der Waals surface area (Å²) in [5, 5.41) is 0. The molecule has 0 heterocycles. The third kappa shape index (κ3) is 30.3. The van der Waals surface area contributed by atoms with E-state index >= 15 is 0 Å². The Labute approximate surface area is 415 Å². The zero-order chi connectivity index (χ0) is 49.7. The lowest BCUT2D eigenvalue weighted by Gasteiger charge is -2.21. The van der Waals surface area contributed by atoms with E-state index in [1.54, 1.807) is 0 Å². The van der Waals surface area contributed by atoms with Crippen LogP contribution in [0.15, 0.2) is 22.3 Å². The zero-order valence-corrected chi connectivity index (χ0v) is 44.2. The summed E-state index contributed by atoms with van der Waals surface area (Å²) < 4.78 is 22.1. The average molecular weight is 957 g/mol. The van der Waals surface area contributed by atoms with Crippen molar-refractivity contribution in [1.82, 2.24) is 0 Å². The lowest BCUT2D eigenvalue weighted by molar-refractivity contribution is -0.148. The number of ketones is 2. The number of Topliss-reactive ketones (excluding diaryl/α,β-unsaturated/α-hetero) is 2. The summed E-state index contributed by atoms with van der Waals surface area (Å²) in [6.45, 7) is 8.64. The molecule has 0 saturated heterocycles. The molecule has 1 rings (SSSR count). The smallest absolute Gasteiger partial charge is 0.343 e. The maximum absolute atomic E-state index is 14.4. The van der Waals surface area contributed by atoms with Crippen molar-refractivity contribution in [3.63, 3.8) is 0 Å². The molecule has 0 amide bonds. The van der Waals surface area contributed by atoms with Gasteiger partial charge in [-0.2, -0.15) is 0 Å². The maximum atomic E-state index is 14.4. The van der Waals surface area contributed by atoms with Crippen molar-refractivity contribution in [3.05, 3.63) is 22.3 Å². The summed E-state index contributed by atoms with van der Waals surface area (Å²) in [6.07, 6.45) is 42.7. The number of rotatable bonds is 48. The minimum absolute atomic E-state index is 0.0444. The number of carbonyl (C=O) groups excluding carboxylic acids is 6. The third-order valence-electron chi connectivity index (χ3n) is 13.1. The Balaban J connectivity index is 3.17. The van der Waals surface area contributed by atoms with E-state index in [9.17, 15) is 28.8 Å². The summed E-state index contributed by atoms with van der Waals surface area (Å²) in [5.74, 6) is -7.35. The van der Waals surface area contributed by atoms with Crippen LogP contribution < -0.4 is 0 Å². The minimum atomic E-state index is -1.26. The second-order valence-electron chi connectivity index (χ2n) is 19.4. The van der Waals surface area contributed by atoms with Gasteiger partial charge in [-0.15, -0.1) is 0 Å².